The molecule has 0 saturated heterocycles. The third-order valence-electron chi connectivity index (χ3n) is 3.46. The Bertz CT molecular complexity index is 909. The number of halogens is 1. The highest BCUT2D eigenvalue weighted by Gasteiger charge is 2.13. The second-order valence-electron chi connectivity index (χ2n) is 5.26. The van der Waals surface area contributed by atoms with Gasteiger partial charge < -0.3 is 16.4 Å². The van der Waals surface area contributed by atoms with Crippen LogP contribution >= 0.6 is 11.6 Å². The van der Waals surface area contributed by atoms with Gasteiger partial charge in [0.15, 0.2) is 5.15 Å². The fourth-order valence-corrected chi connectivity index (χ4v) is 2.46. The van der Waals surface area contributed by atoms with Crippen LogP contribution < -0.4 is 16.4 Å². The molecular weight excluding hydrogens is 342 g/mol. The molecule has 0 radical (unpaired) electrons. The number of carbonyl (C=O) groups is 1. The summed E-state index contributed by atoms with van der Waals surface area (Å²) in [6.07, 6.45) is 3.25. The Balaban J connectivity index is 1.68. The maximum absolute atomic E-state index is 12.3. The molecule has 3 rings (SSSR count). The van der Waals surface area contributed by atoms with Gasteiger partial charge in [-0.05, 0) is 24.3 Å². The van der Waals surface area contributed by atoms with Crippen molar-refractivity contribution in [3.63, 3.8) is 0 Å². The number of nitrogens with zero attached hydrogens (tertiary/aromatic N) is 4. The van der Waals surface area contributed by atoms with Gasteiger partial charge in [0.1, 0.15) is 11.5 Å². The number of aromatic nitrogens is 4. The molecule has 0 saturated carbocycles. The van der Waals surface area contributed by atoms with Gasteiger partial charge in [-0.15, -0.1) is 0 Å². The van der Waals surface area contributed by atoms with Crippen molar-refractivity contribution in [2.24, 2.45) is 7.05 Å². The fourth-order valence-electron chi connectivity index (χ4n) is 2.25. The summed E-state index contributed by atoms with van der Waals surface area (Å²) in [5, 5.41) is 10.2. The number of aryl methyl sites for hydroxylation is 1. The first kappa shape index (κ1) is 16.7. The van der Waals surface area contributed by atoms with Crippen LogP contribution in [0.4, 0.5) is 17.2 Å². The number of hydrogen-bond donors (Lipinski definition) is 3. The summed E-state index contributed by atoms with van der Waals surface area (Å²) in [5.41, 5.74) is 8.24. The number of amides is 1. The van der Waals surface area contributed by atoms with Crippen molar-refractivity contribution in [1.82, 2.24) is 19.7 Å². The van der Waals surface area contributed by atoms with Crippen LogP contribution in [0.2, 0.25) is 5.15 Å². The minimum absolute atomic E-state index is 0.265. The molecule has 9 heteroatoms. The van der Waals surface area contributed by atoms with Crippen LogP contribution in [-0.2, 0) is 13.6 Å². The van der Waals surface area contributed by atoms with Gasteiger partial charge in [-0.2, -0.15) is 5.10 Å². The lowest BCUT2D eigenvalue weighted by Crippen LogP contribution is -2.16. The summed E-state index contributed by atoms with van der Waals surface area (Å²) in [6, 6.07) is 8.61. The second-order valence-corrected chi connectivity index (χ2v) is 5.64. The molecule has 3 heterocycles. The Morgan fingerprint density at radius 2 is 2.12 bits per heavy atom. The van der Waals surface area contributed by atoms with E-state index in [2.05, 4.69) is 25.7 Å². The van der Waals surface area contributed by atoms with Crippen LogP contribution in [0.15, 0.2) is 42.7 Å². The maximum Gasteiger partial charge on any atom is 0.273 e. The van der Waals surface area contributed by atoms with Crippen LogP contribution in [0.25, 0.3) is 0 Å². The van der Waals surface area contributed by atoms with Gasteiger partial charge in [0, 0.05) is 31.2 Å². The van der Waals surface area contributed by atoms with E-state index in [-0.39, 0.29) is 11.1 Å². The standard InChI is InChI=1S/C16H16ClN7O/c1-24-13(8-14(17)23-24)16(25)22-10-4-6-19-11(7-10)9-21-12-3-2-5-20-15(12)18/h2-8,21H,9H2,1H3,(H2,18,20)(H,19,22,25). The summed E-state index contributed by atoms with van der Waals surface area (Å²) < 4.78 is 1.42. The van der Waals surface area contributed by atoms with E-state index in [0.717, 1.165) is 11.4 Å². The number of nitrogen functional groups attached to an aromatic ring is 1. The van der Waals surface area contributed by atoms with Crippen LogP contribution in [0.3, 0.4) is 0 Å². The molecule has 0 aliphatic rings. The number of hydrogen-bond acceptors (Lipinski definition) is 6. The Hall–Kier alpha value is -3.13. The summed E-state index contributed by atoms with van der Waals surface area (Å²) in [4.78, 5) is 20.6. The zero-order valence-corrected chi connectivity index (χ0v) is 14.2. The molecule has 8 nitrogen and oxygen atoms in total. The van der Waals surface area contributed by atoms with Crippen molar-refractivity contribution >= 4 is 34.7 Å². The molecule has 0 aliphatic carbocycles. The molecule has 0 unspecified atom stereocenters. The minimum atomic E-state index is -0.302. The molecule has 0 bridgehead atoms. The minimum Gasteiger partial charge on any atom is -0.382 e. The van der Waals surface area contributed by atoms with Gasteiger partial charge in [-0.3, -0.25) is 14.5 Å². The van der Waals surface area contributed by atoms with Gasteiger partial charge in [0.2, 0.25) is 0 Å². The van der Waals surface area contributed by atoms with Gasteiger partial charge in [0.05, 0.1) is 17.9 Å². The molecule has 1 amide bonds. The largest absolute Gasteiger partial charge is 0.382 e. The number of nitrogens with one attached hydrogen (secondary N) is 2. The lowest BCUT2D eigenvalue weighted by molar-refractivity contribution is 0.101. The molecule has 128 valence electrons. The first-order valence-corrected chi connectivity index (χ1v) is 7.81. The Kier molecular flexibility index (Phi) is 4.80. The van der Waals surface area contributed by atoms with E-state index in [1.54, 1.807) is 37.6 Å². The number of carbonyl (C=O) groups excluding carboxylic acids is 1. The van der Waals surface area contributed by atoms with Crippen LogP contribution in [-0.4, -0.2) is 25.7 Å². The third-order valence-corrected chi connectivity index (χ3v) is 3.64. The SMILES string of the molecule is Cn1nc(Cl)cc1C(=O)Nc1ccnc(CNc2cccnc2N)c1. The van der Waals surface area contributed by atoms with E-state index >= 15 is 0 Å². The van der Waals surface area contributed by atoms with Crippen molar-refractivity contribution < 1.29 is 4.79 Å². The second kappa shape index (κ2) is 7.18. The van der Waals surface area contributed by atoms with Crippen molar-refractivity contribution in [2.45, 2.75) is 6.54 Å². The van der Waals surface area contributed by atoms with E-state index in [4.69, 9.17) is 17.3 Å². The van der Waals surface area contributed by atoms with E-state index < -0.39 is 0 Å². The zero-order valence-electron chi connectivity index (χ0n) is 13.4. The van der Waals surface area contributed by atoms with E-state index in [9.17, 15) is 4.79 Å². The molecule has 3 aromatic heterocycles. The van der Waals surface area contributed by atoms with E-state index in [1.165, 1.54) is 10.7 Å². The average molecular weight is 358 g/mol. The fraction of sp³-hybridized carbons (Fsp3) is 0.125. The van der Waals surface area contributed by atoms with Gasteiger partial charge in [-0.25, -0.2) is 4.98 Å². The number of anilines is 3. The van der Waals surface area contributed by atoms with Crippen LogP contribution in [0.1, 0.15) is 16.2 Å². The first-order valence-electron chi connectivity index (χ1n) is 7.43. The highest BCUT2D eigenvalue weighted by Crippen LogP contribution is 2.16. The van der Waals surface area contributed by atoms with E-state index in [1.807, 2.05) is 6.07 Å². The van der Waals surface area contributed by atoms with Crippen molar-refractivity contribution in [3.05, 3.63) is 59.3 Å². The molecule has 0 aromatic carbocycles. The monoisotopic (exact) mass is 357 g/mol. The lowest BCUT2D eigenvalue weighted by atomic mass is 10.3. The van der Waals surface area contributed by atoms with Crippen LogP contribution in [0.5, 0.6) is 0 Å². The van der Waals surface area contributed by atoms with Crippen molar-refractivity contribution in [3.8, 4) is 0 Å². The molecule has 0 atom stereocenters. The third kappa shape index (κ3) is 4.04. The predicted octanol–water partition coefficient (Wildman–Crippen LogP) is 2.31. The molecule has 3 aromatic rings. The number of rotatable bonds is 5. The highest BCUT2D eigenvalue weighted by atomic mass is 35.5. The van der Waals surface area contributed by atoms with E-state index in [0.29, 0.717) is 23.7 Å². The number of pyridine rings is 2. The number of nitrogens with two attached hydrogens (primary N) is 1. The Morgan fingerprint density at radius 3 is 2.84 bits per heavy atom. The Labute approximate surface area is 149 Å². The summed E-state index contributed by atoms with van der Waals surface area (Å²) >= 11 is 5.80. The van der Waals surface area contributed by atoms with Crippen LogP contribution in [0, 0.1) is 0 Å². The molecule has 0 spiro atoms. The smallest absolute Gasteiger partial charge is 0.273 e. The zero-order chi connectivity index (χ0) is 17.8. The molecule has 25 heavy (non-hydrogen) atoms. The Morgan fingerprint density at radius 1 is 1.28 bits per heavy atom. The molecule has 4 N–H and O–H groups in total. The van der Waals surface area contributed by atoms with Crippen molar-refractivity contribution in [2.75, 3.05) is 16.4 Å². The summed E-state index contributed by atoms with van der Waals surface area (Å²) in [5.74, 6) is 0.114. The topological polar surface area (TPSA) is 111 Å². The predicted molar refractivity (Wildman–Crippen MR) is 96.4 cm³/mol. The van der Waals surface area contributed by atoms with Gasteiger partial charge >= 0.3 is 0 Å². The quantitative estimate of drug-likeness (QED) is 0.646. The highest BCUT2D eigenvalue weighted by molar-refractivity contribution is 6.29. The molecule has 0 fully saturated rings. The molecular formula is C16H16ClN7O. The van der Waals surface area contributed by atoms with Gasteiger partial charge in [-0.1, -0.05) is 11.6 Å². The normalized spacial score (nSPS) is 10.5. The lowest BCUT2D eigenvalue weighted by Gasteiger charge is -2.09. The summed E-state index contributed by atoms with van der Waals surface area (Å²) in [7, 11) is 1.65. The average Bonchev–Trinajstić information content (AvgIpc) is 2.93. The first-order chi connectivity index (χ1) is 12.0. The van der Waals surface area contributed by atoms with Gasteiger partial charge in [0.25, 0.3) is 5.91 Å². The molecule has 0 aliphatic heterocycles. The van der Waals surface area contributed by atoms with Crippen molar-refractivity contribution in [1.29, 1.82) is 0 Å². The summed E-state index contributed by atoms with van der Waals surface area (Å²) in [6.45, 7) is 0.442. The maximum atomic E-state index is 12.3.